The second kappa shape index (κ2) is 3.69. The molecule has 14 heavy (non-hydrogen) atoms. The third-order valence-electron chi connectivity index (χ3n) is 3.26. The lowest BCUT2D eigenvalue weighted by Gasteiger charge is -2.25. The average Bonchev–Trinajstić information content (AvgIpc) is 2.50. The minimum atomic E-state index is 0.403. The van der Waals surface area contributed by atoms with Crippen molar-refractivity contribution in [1.29, 1.82) is 0 Å². The number of nitrogens with zero attached hydrogens (tertiary/aromatic N) is 3. The summed E-state index contributed by atoms with van der Waals surface area (Å²) in [4.78, 5) is 0. The monoisotopic (exact) mass is 194 g/mol. The van der Waals surface area contributed by atoms with Crippen LogP contribution in [0.4, 0.5) is 0 Å². The van der Waals surface area contributed by atoms with E-state index in [9.17, 15) is 0 Å². The summed E-state index contributed by atoms with van der Waals surface area (Å²) in [5, 5.41) is 8.33. The Hall–Kier alpha value is -0.900. The molecule has 2 rings (SSSR count). The second-order valence-electron chi connectivity index (χ2n) is 4.28. The highest BCUT2D eigenvalue weighted by atomic mass is 15.3. The quantitative estimate of drug-likeness (QED) is 0.728. The van der Waals surface area contributed by atoms with Crippen LogP contribution in [-0.2, 0) is 7.05 Å². The molecule has 1 aromatic rings. The minimum Gasteiger partial charge on any atom is -0.328 e. The first-order chi connectivity index (χ1) is 6.68. The van der Waals surface area contributed by atoms with E-state index in [-0.39, 0.29) is 0 Å². The van der Waals surface area contributed by atoms with Crippen molar-refractivity contribution in [3.05, 3.63) is 11.6 Å². The van der Waals surface area contributed by atoms with Crippen molar-refractivity contribution in [3.63, 3.8) is 0 Å². The van der Waals surface area contributed by atoms with Crippen molar-refractivity contribution < 1.29 is 0 Å². The van der Waals surface area contributed by atoms with E-state index in [0.29, 0.717) is 12.0 Å². The first kappa shape index (κ1) is 9.65. The Morgan fingerprint density at radius 2 is 1.86 bits per heavy atom. The highest BCUT2D eigenvalue weighted by Crippen LogP contribution is 2.30. The molecule has 4 nitrogen and oxygen atoms in total. The van der Waals surface area contributed by atoms with E-state index in [2.05, 4.69) is 14.8 Å². The normalized spacial score (nSPS) is 27.9. The van der Waals surface area contributed by atoms with Gasteiger partial charge in [-0.25, -0.2) is 0 Å². The molecule has 1 heterocycles. The van der Waals surface area contributed by atoms with Crippen LogP contribution in [0.1, 0.15) is 43.3 Å². The Balaban J connectivity index is 2.12. The van der Waals surface area contributed by atoms with Crippen LogP contribution in [0.5, 0.6) is 0 Å². The van der Waals surface area contributed by atoms with Gasteiger partial charge in [-0.3, -0.25) is 0 Å². The van der Waals surface area contributed by atoms with Crippen LogP contribution < -0.4 is 5.73 Å². The van der Waals surface area contributed by atoms with Gasteiger partial charge in [-0.2, -0.15) is 0 Å². The van der Waals surface area contributed by atoms with E-state index in [0.717, 1.165) is 37.3 Å². The fourth-order valence-electron chi connectivity index (χ4n) is 2.16. The zero-order valence-electron chi connectivity index (χ0n) is 8.90. The van der Waals surface area contributed by atoms with Crippen molar-refractivity contribution in [2.45, 2.75) is 44.6 Å². The molecule has 0 radical (unpaired) electrons. The van der Waals surface area contributed by atoms with Crippen LogP contribution in [0.15, 0.2) is 0 Å². The Morgan fingerprint density at radius 1 is 1.21 bits per heavy atom. The van der Waals surface area contributed by atoms with Crippen molar-refractivity contribution in [2.75, 3.05) is 0 Å². The van der Waals surface area contributed by atoms with E-state index in [4.69, 9.17) is 5.73 Å². The van der Waals surface area contributed by atoms with Crippen molar-refractivity contribution in [1.82, 2.24) is 14.8 Å². The van der Waals surface area contributed by atoms with Crippen molar-refractivity contribution in [3.8, 4) is 0 Å². The molecule has 4 heteroatoms. The zero-order chi connectivity index (χ0) is 10.1. The fourth-order valence-corrected chi connectivity index (χ4v) is 2.16. The van der Waals surface area contributed by atoms with Crippen LogP contribution in [0, 0.1) is 6.92 Å². The van der Waals surface area contributed by atoms with Gasteiger partial charge in [-0.1, -0.05) is 0 Å². The maximum Gasteiger partial charge on any atom is 0.135 e. The molecule has 1 saturated carbocycles. The van der Waals surface area contributed by atoms with Gasteiger partial charge in [0.2, 0.25) is 0 Å². The maximum absolute atomic E-state index is 5.88. The van der Waals surface area contributed by atoms with Crippen LogP contribution in [0.25, 0.3) is 0 Å². The van der Waals surface area contributed by atoms with Crippen molar-refractivity contribution >= 4 is 0 Å². The fraction of sp³-hybridized carbons (Fsp3) is 0.800. The number of aromatic nitrogens is 3. The molecule has 0 atom stereocenters. The molecular formula is C10H18N4. The number of hydrogen-bond donors (Lipinski definition) is 1. The van der Waals surface area contributed by atoms with Crippen LogP contribution >= 0.6 is 0 Å². The molecule has 0 amide bonds. The minimum absolute atomic E-state index is 0.403. The molecule has 0 saturated heterocycles. The standard InChI is InChI=1S/C10H18N4/c1-7-12-13-10(14(7)2)8-3-5-9(11)6-4-8/h8-9H,3-6,11H2,1-2H3. The SMILES string of the molecule is Cc1nnc(C2CCC(N)CC2)n1C. The smallest absolute Gasteiger partial charge is 0.135 e. The number of aryl methyl sites for hydroxylation is 1. The lowest BCUT2D eigenvalue weighted by molar-refractivity contribution is 0.379. The predicted molar refractivity (Wildman–Crippen MR) is 54.9 cm³/mol. The van der Waals surface area contributed by atoms with Crippen LogP contribution in [0.2, 0.25) is 0 Å². The first-order valence-corrected chi connectivity index (χ1v) is 5.30. The third kappa shape index (κ3) is 1.66. The number of rotatable bonds is 1. The lowest BCUT2D eigenvalue weighted by Crippen LogP contribution is -2.26. The largest absolute Gasteiger partial charge is 0.328 e. The van der Waals surface area contributed by atoms with Gasteiger partial charge in [0.05, 0.1) is 0 Å². The van der Waals surface area contributed by atoms with Gasteiger partial charge in [-0.05, 0) is 32.6 Å². The third-order valence-corrected chi connectivity index (χ3v) is 3.26. The molecule has 1 fully saturated rings. The maximum atomic E-state index is 5.88. The summed E-state index contributed by atoms with van der Waals surface area (Å²) in [6, 6.07) is 0.403. The van der Waals surface area contributed by atoms with E-state index in [1.165, 1.54) is 0 Å². The van der Waals surface area contributed by atoms with Gasteiger partial charge in [0.1, 0.15) is 11.6 Å². The van der Waals surface area contributed by atoms with Crippen LogP contribution in [0.3, 0.4) is 0 Å². The Bertz CT molecular complexity index is 310. The van der Waals surface area contributed by atoms with Gasteiger partial charge in [0, 0.05) is 19.0 Å². The Morgan fingerprint density at radius 3 is 2.36 bits per heavy atom. The molecule has 2 N–H and O–H groups in total. The molecule has 0 spiro atoms. The molecule has 0 bridgehead atoms. The van der Waals surface area contributed by atoms with Crippen molar-refractivity contribution in [2.24, 2.45) is 12.8 Å². The summed E-state index contributed by atoms with van der Waals surface area (Å²) in [7, 11) is 2.04. The van der Waals surface area contributed by atoms with Gasteiger partial charge in [0.25, 0.3) is 0 Å². The molecule has 0 unspecified atom stereocenters. The number of nitrogens with two attached hydrogens (primary N) is 1. The van der Waals surface area contributed by atoms with E-state index in [1.807, 2.05) is 14.0 Å². The second-order valence-corrected chi connectivity index (χ2v) is 4.28. The van der Waals surface area contributed by atoms with Crippen LogP contribution in [-0.4, -0.2) is 20.8 Å². The highest BCUT2D eigenvalue weighted by molar-refractivity contribution is 5.02. The first-order valence-electron chi connectivity index (χ1n) is 5.30. The molecule has 0 aromatic carbocycles. The Labute approximate surface area is 84.5 Å². The summed E-state index contributed by atoms with van der Waals surface area (Å²) in [6.07, 6.45) is 4.56. The summed E-state index contributed by atoms with van der Waals surface area (Å²) in [5.41, 5.74) is 5.88. The Kier molecular flexibility index (Phi) is 2.54. The van der Waals surface area contributed by atoms with E-state index < -0.39 is 0 Å². The predicted octanol–water partition coefficient (Wildman–Crippen LogP) is 1.11. The highest BCUT2D eigenvalue weighted by Gasteiger charge is 2.23. The average molecular weight is 194 g/mol. The molecule has 1 aliphatic rings. The van der Waals surface area contributed by atoms with Gasteiger partial charge in [0.15, 0.2) is 0 Å². The molecular weight excluding hydrogens is 176 g/mol. The summed E-state index contributed by atoms with van der Waals surface area (Å²) in [6.45, 7) is 1.99. The number of hydrogen-bond acceptors (Lipinski definition) is 3. The topological polar surface area (TPSA) is 56.7 Å². The van der Waals surface area contributed by atoms with Gasteiger partial charge < -0.3 is 10.3 Å². The van der Waals surface area contributed by atoms with Gasteiger partial charge in [-0.15, -0.1) is 10.2 Å². The van der Waals surface area contributed by atoms with Gasteiger partial charge >= 0.3 is 0 Å². The van der Waals surface area contributed by atoms with E-state index >= 15 is 0 Å². The molecule has 0 aliphatic heterocycles. The summed E-state index contributed by atoms with van der Waals surface area (Å²) < 4.78 is 2.10. The molecule has 1 aromatic heterocycles. The summed E-state index contributed by atoms with van der Waals surface area (Å²) >= 11 is 0. The lowest BCUT2D eigenvalue weighted by atomic mass is 9.86. The summed E-state index contributed by atoms with van der Waals surface area (Å²) in [5.74, 6) is 2.70. The zero-order valence-corrected chi connectivity index (χ0v) is 8.90. The van der Waals surface area contributed by atoms with E-state index in [1.54, 1.807) is 0 Å². The molecule has 1 aliphatic carbocycles. The molecule has 78 valence electrons.